The second-order valence-electron chi connectivity index (χ2n) is 8.56. The van der Waals surface area contributed by atoms with Crippen LogP contribution in [0.5, 0.6) is 0 Å². The molecule has 0 N–H and O–H groups in total. The lowest BCUT2D eigenvalue weighted by atomic mass is 10.0. The number of ether oxygens (including phenoxy) is 1. The first-order valence-corrected chi connectivity index (χ1v) is 11.9. The number of carbonyl (C=O) groups is 2. The minimum absolute atomic E-state index is 0.0539. The molecule has 0 aromatic carbocycles. The lowest BCUT2D eigenvalue weighted by molar-refractivity contribution is 0.00341. The Morgan fingerprint density at radius 1 is 1.23 bits per heavy atom. The Morgan fingerprint density at radius 3 is 2.58 bits per heavy atom. The predicted molar refractivity (Wildman–Crippen MR) is 113 cm³/mol. The van der Waals surface area contributed by atoms with Crippen molar-refractivity contribution < 1.29 is 27.2 Å². The van der Waals surface area contributed by atoms with E-state index in [0.717, 1.165) is 11.8 Å². The zero-order chi connectivity index (χ0) is 22.8. The molecule has 0 saturated carbocycles. The van der Waals surface area contributed by atoms with Gasteiger partial charge in [0.1, 0.15) is 17.1 Å². The minimum atomic E-state index is -3.29. The van der Waals surface area contributed by atoms with Crippen LogP contribution in [0.25, 0.3) is 0 Å². The van der Waals surface area contributed by atoms with Crippen LogP contribution in [0.3, 0.4) is 0 Å². The minimum Gasteiger partial charge on any atom is -0.455 e. The fourth-order valence-electron chi connectivity index (χ4n) is 3.35. The standard InChI is InChI=1S/C21H27N3O6S/c1-21(2,3)30-20(26)23-10-11-24(17(13-23)15-6-5-9-22-12-15)19(25)18-8-7-16(29-18)14-31(4,27)28/h5-9,12,17H,10-11,13-14H2,1-4H3. The van der Waals surface area contributed by atoms with Crippen LogP contribution in [-0.2, 0) is 20.3 Å². The summed E-state index contributed by atoms with van der Waals surface area (Å²) in [6.07, 6.45) is 3.95. The normalized spacial score (nSPS) is 17.5. The predicted octanol–water partition coefficient (Wildman–Crippen LogP) is 2.65. The van der Waals surface area contributed by atoms with Gasteiger partial charge in [0.05, 0.1) is 6.04 Å². The van der Waals surface area contributed by atoms with Gasteiger partial charge >= 0.3 is 6.09 Å². The Labute approximate surface area is 181 Å². The molecule has 2 amide bonds. The number of hydrogen-bond donors (Lipinski definition) is 0. The SMILES string of the molecule is CC(C)(C)OC(=O)N1CCN(C(=O)c2ccc(CS(C)(=O)=O)o2)C(c2cccnc2)C1. The number of carbonyl (C=O) groups excluding carboxylic acids is 2. The zero-order valence-electron chi connectivity index (χ0n) is 18.1. The van der Waals surface area contributed by atoms with Crippen molar-refractivity contribution in [3.8, 4) is 0 Å². The smallest absolute Gasteiger partial charge is 0.410 e. The number of amides is 2. The van der Waals surface area contributed by atoms with E-state index in [-0.39, 0.29) is 36.3 Å². The first-order valence-electron chi connectivity index (χ1n) is 9.88. The number of piperazine rings is 1. The molecular weight excluding hydrogens is 422 g/mol. The van der Waals surface area contributed by atoms with Gasteiger partial charge in [-0.2, -0.15) is 0 Å². The summed E-state index contributed by atoms with van der Waals surface area (Å²) in [6.45, 7) is 6.20. The quantitative estimate of drug-likeness (QED) is 0.706. The van der Waals surface area contributed by atoms with Gasteiger partial charge in [-0.05, 0) is 44.5 Å². The Bertz CT molecular complexity index is 1040. The van der Waals surface area contributed by atoms with Crippen LogP contribution in [0.1, 0.15) is 48.7 Å². The fraction of sp³-hybridized carbons (Fsp3) is 0.476. The highest BCUT2D eigenvalue weighted by Gasteiger charge is 2.36. The Balaban J connectivity index is 1.84. The Kier molecular flexibility index (Phi) is 6.40. The number of aromatic nitrogens is 1. The summed E-state index contributed by atoms with van der Waals surface area (Å²) in [6, 6.07) is 6.12. The maximum absolute atomic E-state index is 13.2. The van der Waals surface area contributed by atoms with E-state index < -0.39 is 27.6 Å². The third-order valence-corrected chi connectivity index (χ3v) is 5.45. The van der Waals surface area contributed by atoms with Gasteiger partial charge in [0.15, 0.2) is 15.6 Å². The van der Waals surface area contributed by atoms with Crippen molar-refractivity contribution in [1.82, 2.24) is 14.8 Å². The molecule has 2 aromatic rings. The van der Waals surface area contributed by atoms with E-state index in [1.807, 2.05) is 6.07 Å². The molecule has 0 spiro atoms. The van der Waals surface area contributed by atoms with Gasteiger partial charge in [-0.3, -0.25) is 9.78 Å². The number of furan rings is 1. The van der Waals surface area contributed by atoms with Gasteiger partial charge in [0, 0.05) is 38.3 Å². The molecule has 0 bridgehead atoms. The molecule has 1 atom stereocenters. The van der Waals surface area contributed by atoms with Gasteiger partial charge in [0.2, 0.25) is 0 Å². The molecule has 168 valence electrons. The zero-order valence-corrected chi connectivity index (χ0v) is 18.9. The molecule has 31 heavy (non-hydrogen) atoms. The molecule has 1 saturated heterocycles. The van der Waals surface area contributed by atoms with Crippen molar-refractivity contribution in [1.29, 1.82) is 0 Å². The molecule has 10 heteroatoms. The van der Waals surface area contributed by atoms with E-state index in [2.05, 4.69) is 4.98 Å². The van der Waals surface area contributed by atoms with Crippen LogP contribution < -0.4 is 0 Å². The topological polar surface area (TPSA) is 110 Å². The molecule has 9 nitrogen and oxygen atoms in total. The van der Waals surface area contributed by atoms with Crippen molar-refractivity contribution >= 4 is 21.8 Å². The van der Waals surface area contributed by atoms with E-state index in [1.165, 1.54) is 12.1 Å². The molecule has 2 aromatic heterocycles. The van der Waals surface area contributed by atoms with Crippen molar-refractivity contribution in [2.24, 2.45) is 0 Å². The summed E-state index contributed by atoms with van der Waals surface area (Å²) < 4.78 is 34.0. The molecule has 3 heterocycles. The van der Waals surface area contributed by atoms with Crippen LogP contribution in [0.15, 0.2) is 41.1 Å². The van der Waals surface area contributed by atoms with Crippen molar-refractivity contribution in [2.75, 3.05) is 25.9 Å². The van der Waals surface area contributed by atoms with Crippen LogP contribution in [-0.4, -0.2) is 66.7 Å². The Morgan fingerprint density at radius 2 is 1.97 bits per heavy atom. The Hall–Kier alpha value is -2.88. The summed E-state index contributed by atoms with van der Waals surface area (Å²) >= 11 is 0. The van der Waals surface area contributed by atoms with Crippen LogP contribution >= 0.6 is 0 Å². The molecule has 0 radical (unpaired) electrons. The average Bonchev–Trinajstić information content (AvgIpc) is 3.13. The van der Waals surface area contributed by atoms with Crippen molar-refractivity contribution in [2.45, 2.75) is 38.2 Å². The maximum Gasteiger partial charge on any atom is 0.410 e. The summed E-state index contributed by atoms with van der Waals surface area (Å²) in [4.78, 5) is 33.1. The molecule has 0 aliphatic carbocycles. The van der Waals surface area contributed by atoms with Crippen LogP contribution in [0.4, 0.5) is 4.79 Å². The van der Waals surface area contributed by atoms with Gasteiger partial charge in [-0.25, -0.2) is 13.2 Å². The second kappa shape index (κ2) is 8.70. The average molecular weight is 450 g/mol. The van der Waals surface area contributed by atoms with Gasteiger partial charge in [-0.1, -0.05) is 6.07 Å². The van der Waals surface area contributed by atoms with E-state index in [9.17, 15) is 18.0 Å². The number of nitrogens with zero attached hydrogens (tertiary/aromatic N) is 3. The molecule has 1 fully saturated rings. The van der Waals surface area contributed by atoms with Gasteiger partial charge in [-0.15, -0.1) is 0 Å². The fourth-order valence-corrected chi connectivity index (χ4v) is 4.02. The lowest BCUT2D eigenvalue weighted by Gasteiger charge is -2.41. The first kappa shape index (κ1) is 22.8. The monoisotopic (exact) mass is 449 g/mol. The highest BCUT2D eigenvalue weighted by atomic mass is 32.2. The summed E-state index contributed by atoms with van der Waals surface area (Å²) in [5, 5.41) is 0. The molecular formula is C21H27N3O6S. The van der Waals surface area contributed by atoms with Gasteiger partial charge < -0.3 is 19.0 Å². The summed E-state index contributed by atoms with van der Waals surface area (Å²) in [5.74, 6) is -0.398. The van der Waals surface area contributed by atoms with E-state index in [0.29, 0.717) is 6.54 Å². The summed E-state index contributed by atoms with van der Waals surface area (Å²) in [7, 11) is -3.29. The number of sulfone groups is 1. The van der Waals surface area contributed by atoms with Crippen molar-refractivity contribution in [3.05, 3.63) is 53.7 Å². The molecule has 1 aliphatic rings. The highest BCUT2D eigenvalue weighted by molar-refractivity contribution is 7.89. The van der Waals surface area contributed by atoms with E-state index >= 15 is 0 Å². The highest BCUT2D eigenvalue weighted by Crippen LogP contribution is 2.28. The number of rotatable bonds is 4. The number of hydrogen-bond acceptors (Lipinski definition) is 7. The molecule has 1 unspecified atom stereocenters. The first-order chi connectivity index (χ1) is 14.4. The van der Waals surface area contributed by atoms with E-state index in [4.69, 9.17) is 9.15 Å². The van der Waals surface area contributed by atoms with E-state index in [1.54, 1.807) is 49.0 Å². The summed E-state index contributed by atoms with van der Waals surface area (Å²) in [5.41, 5.74) is 0.143. The third kappa shape index (κ3) is 6.06. The molecule has 3 rings (SSSR count). The molecule has 1 aliphatic heterocycles. The lowest BCUT2D eigenvalue weighted by Crippen LogP contribution is -2.53. The number of pyridine rings is 1. The van der Waals surface area contributed by atoms with Crippen molar-refractivity contribution in [3.63, 3.8) is 0 Å². The largest absolute Gasteiger partial charge is 0.455 e. The second-order valence-corrected chi connectivity index (χ2v) is 10.7. The van der Waals surface area contributed by atoms with Crippen LogP contribution in [0, 0.1) is 0 Å². The maximum atomic E-state index is 13.2. The third-order valence-electron chi connectivity index (χ3n) is 4.64. The van der Waals surface area contributed by atoms with Crippen LogP contribution in [0.2, 0.25) is 0 Å². The van der Waals surface area contributed by atoms with Gasteiger partial charge in [0.25, 0.3) is 5.91 Å².